The molecule has 0 atom stereocenters. The molecule has 0 saturated heterocycles. The Labute approximate surface area is 181 Å². The van der Waals surface area contributed by atoms with Crippen molar-refractivity contribution in [3.05, 3.63) is 106 Å². The van der Waals surface area contributed by atoms with Crippen molar-refractivity contribution >= 4 is 23.2 Å². The molecular formula is C23H17ClF2N2O3. The van der Waals surface area contributed by atoms with Crippen LogP contribution in [0.4, 0.5) is 8.78 Å². The lowest BCUT2D eigenvalue weighted by Gasteiger charge is -2.29. The minimum absolute atomic E-state index is 0.0104. The molecule has 0 saturated carbocycles. The van der Waals surface area contributed by atoms with Crippen LogP contribution >= 0.6 is 11.6 Å². The summed E-state index contributed by atoms with van der Waals surface area (Å²) in [7, 11) is 0. The van der Waals surface area contributed by atoms with E-state index in [2.05, 4.69) is 4.98 Å². The molecular weight excluding hydrogens is 426 g/mol. The van der Waals surface area contributed by atoms with Gasteiger partial charge in [0.05, 0.1) is 10.6 Å². The fourth-order valence-corrected chi connectivity index (χ4v) is 4.03. The second-order valence-corrected chi connectivity index (χ2v) is 7.41. The number of aromatic carboxylic acids is 1. The fourth-order valence-electron chi connectivity index (χ4n) is 3.81. The number of imidazole rings is 1. The maximum absolute atomic E-state index is 14.9. The van der Waals surface area contributed by atoms with Crippen LogP contribution in [0.15, 0.2) is 60.8 Å². The molecule has 2 N–H and O–H groups in total. The molecule has 0 aliphatic heterocycles. The largest absolute Gasteiger partial charge is 0.478 e. The molecule has 2 heterocycles. The third-order valence-corrected chi connectivity index (χ3v) is 5.56. The SMILES string of the molecule is CCc1c(C(O)(c2ccccc2F)c2ccccc2F)nc2cc(Cl)c(C(=O)O)cn12. The zero-order chi connectivity index (χ0) is 22.3. The van der Waals surface area contributed by atoms with E-state index in [0.29, 0.717) is 12.1 Å². The normalized spacial score (nSPS) is 11.8. The molecule has 2 aromatic carbocycles. The number of benzene rings is 2. The summed E-state index contributed by atoms with van der Waals surface area (Å²) in [4.78, 5) is 16.0. The summed E-state index contributed by atoms with van der Waals surface area (Å²) in [6.07, 6.45) is 1.58. The second-order valence-electron chi connectivity index (χ2n) is 7.00. The van der Waals surface area contributed by atoms with Gasteiger partial charge in [-0.3, -0.25) is 0 Å². The number of halogens is 3. The smallest absolute Gasteiger partial charge is 0.338 e. The van der Waals surface area contributed by atoms with Crippen molar-refractivity contribution in [3.8, 4) is 0 Å². The van der Waals surface area contributed by atoms with Crippen molar-refractivity contribution in [3.63, 3.8) is 0 Å². The minimum Gasteiger partial charge on any atom is -0.478 e. The molecule has 4 rings (SSSR count). The van der Waals surface area contributed by atoms with E-state index in [0.717, 1.165) is 0 Å². The van der Waals surface area contributed by atoms with Gasteiger partial charge in [-0.25, -0.2) is 18.6 Å². The lowest BCUT2D eigenvalue weighted by Crippen LogP contribution is -2.33. The summed E-state index contributed by atoms with van der Waals surface area (Å²) < 4.78 is 31.3. The van der Waals surface area contributed by atoms with Crippen molar-refractivity contribution in [2.75, 3.05) is 0 Å². The molecule has 0 radical (unpaired) electrons. The van der Waals surface area contributed by atoms with Gasteiger partial charge < -0.3 is 14.6 Å². The fraction of sp³-hybridized carbons (Fsp3) is 0.130. The van der Waals surface area contributed by atoms with Gasteiger partial charge >= 0.3 is 5.97 Å². The Balaban J connectivity index is 2.13. The molecule has 5 nitrogen and oxygen atoms in total. The Morgan fingerprint density at radius 3 is 2.13 bits per heavy atom. The van der Waals surface area contributed by atoms with E-state index in [1.165, 1.54) is 65.2 Å². The van der Waals surface area contributed by atoms with Gasteiger partial charge in [-0.2, -0.15) is 0 Å². The number of carbonyl (C=O) groups is 1. The summed E-state index contributed by atoms with van der Waals surface area (Å²) in [6, 6.07) is 12.4. The predicted octanol–water partition coefficient (Wildman–Crippen LogP) is 4.81. The van der Waals surface area contributed by atoms with Gasteiger partial charge in [0.1, 0.15) is 23.0 Å². The number of fused-ring (bicyclic) bond motifs is 1. The van der Waals surface area contributed by atoms with Crippen molar-refractivity contribution in [1.29, 1.82) is 0 Å². The van der Waals surface area contributed by atoms with Gasteiger partial charge in [-0.1, -0.05) is 54.9 Å². The summed E-state index contributed by atoms with van der Waals surface area (Å²) in [5, 5.41) is 21.3. The molecule has 0 aliphatic carbocycles. The molecule has 0 amide bonds. The van der Waals surface area contributed by atoms with E-state index in [1.807, 2.05) is 0 Å². The molecule has 0 spiro atoms. The van der Waals surface area contributed by atoms with E-state index in [-0.39, 0.29) is 33.1 Å². The van der Waals surface area contributed by atoms with Gasteiger partial charge in [0.15, 0.2) is 5.60 Å². The first kappa shape index (κ1) is 21.0. The Hall–Kier alpha value is -3.29. The highest BCUT2D eigenvalue weighted by atomic mass is 35.5. The van der Waals surface area contributed by atoms with Crippen LogP contribution in [0.5, 0.6) is 0 Å². The molecule has 0 bridgehead atoms. The predicted molar refractivity (Wildman–Crippen MR) is 111 cm³/mol. The van der Waals surface area contributed by atoms with Crippen LogP contribution in [0.25, 0.3) is 5.65 Å². The molecule has 31 heavy (non-hydrogen) atoms. The Morgan fingerprint density at radius 2 is 1.65 bits per heavy atom. The van der Waals surface area contributed by atoms with Gasteiger partial charge in [0.25, 0.3) is 0 Å². The number of nitrogens with zero attached hydrogens (tertiary/aromatic N) is 2. The molecule has 0 aliphatic rings. The van der Waals surface area contributed by atoms with Gasteiger partial charge in [0.2, 0.25) is 0 Å². The van der Waals surface area contributed by atoms with Crippen molar-refractivity contribution in [1.82, 2.24) is 9.38 Å². The zero-order valence-corrected chi connectivity index (χ0v) is 17.1. The summed E-state index contributed by atoms with van der Waals surface area (Å²) >= 11 is 6.09. The van der Waals surface area contributed by atoms with Crippen LogP contribution < -0.4 is 0 Å². The van der Waals surface area contributed by atoms with Crippen LogP contribution in [0.3, 0.4) is 0 Å². The maximum atomic E-state index is 14.9. The number of carboxylic acids is 1. The van der Waals surface area contributed by atoms with E-state index < -0.39 is 23.2 Å². The number of hydrogen-bond donors (Lipinski definition) is 2. The van der Waals surface area contributed by atoms with Crippen molar-refractivity contribution < 1.29 is 23.8 Å². The van der Waals surface area contributed by atoms with Gasteiger partial charge in [-0.05, 0) is 18.6 Å². The van der Waals surface area contributed by atoms with Crippen molar-refractivity contribution in [2.24, 2.45) is 0 Å². The van der Waals surface area contributed by atoms with Crippen LogP contribution in [-0.4, -0.2) is 25.6 Å². The highest BCUT2D eigenvalue weighted by molar-refractivity contribution is 6.33. The molecule has 0 fully saturated rings. The molecule has 4 aromatic rings. The number of aryl methyl sites for hydroxylation is 1. The topological polar surface area (TPSA) is 74.8 Å². The first-order chi connectivity index (χ1) is 14.8. The summed E-state index contributed by atoms with van der Waals surface area (Å²) in [5.74, 6) is -2.71. The molecule has 0 unspecified atom stereocenters. The number of carboxylic acid groups (broad SMARTS) is 1. The molecule has 2 aromatic heterocycles. The summed E-state index contributed by atoms with van der Waals surface area (Å²) in [6.45, 7) is 1.77. The zero-order valence-electron chi connectivity index (χ0n) is 16.3. The molecule has 158 valence electrons. The third kappa shape index (κ3) is 3.26. The average molecular weight is 443 g/mol. The first-order valence-electron chi connectivity index (χ1n) is 9.45. The highest BCUT2D eigenvalue weighted by Crippen LogP contribution is 2.41. The summed E-state index contributed by atoms with van der Waals surface area (Å²) in [5.41, 5.74) is -2.16. The van der Waals surface area contributed by atoms with Crippen LogP contribution in [-0.2, 0) is 12.0 Å². The van der Waals surface area contributed by atoms with E-state index in [4.69, 9.17) is 11.6 Å². The number of rotatable bonds is 5. The minimum atomic E-state index is -2.27. The number of pyridine rings is 1. The van der Waals surface area contributed by atoms with Gasteiger partial charge in [-0.15, -0.1) is 0 Å². The Morgan fingerprint density at radius 1 is 1.10 bits per heavy atom. The molecule has 8 heteroatoms. The first-order valence-corrected chi connectivity index (χ1v) is 9.83. The lowest BCUT2D eigenvalue weighted by molar-refractivity contribution is 0.0696. The Kier molecular flexibility index (Phi) is 5.24. The Bertz CT molecular complexity index is 1270. The standard InChI is InChI=1S/C23H17ClF2N2O3/c1-2-19-21(27-20-11-16(24)13(22(29)30)12-28(19)20)23(31,14-7-3-5-9-17(14)25)15-8-4-6-10-18(15)26/h3-12,31H,2H2,1H3,(H,29,30). The number of hydrogen-bond acceptors (Lipinski definition) is 3. The van der Waals surface area contributed by atoms with Crippen LogP contribution in [0.1, 0.15) is 39.8 Å². The van der Waals surface area contributed by atoms with Crippen LogP contribution in [0.2, 0.25) is 5.02 Å². The van der Waals surface area contributed by atoms with E-state index in [1.54, 1.807) is 6.92 Å². The third-order valence-electron chi connectivity index (χ3n) is 5.24. The monoisotopic (exact) mass is 442 g/mol. The highest BCUT2D eigenvalue weighted by Gasteiger charge is 2.42. The second kappa shape index (κ2) is 7.76. The van der Waals surface area contributed by atoms with Gasteiger partial charge in [0, 0.05) is 29.1 Å². The lowest BCUT2D eigenvalue weighted by atomic mass is 9.81. The number of aliphatic hydroxyl groups is 1. The van der Waals surface area contributed by atoms with Crippen LogP contribution in [0, 0.1) is 11.6 Å². The maximum Gasteiger partial charge on any atom is 0.338 e. The number of aromatic nitrogens is 2. The quantitative estimate of drug-likeness (QED) is 0.465. The van der Waals surface area contributed by atoms with E-state index in [9.17, 15) is 23.8 Å². The van der Waals surface area contributed by atoms with E-state index >= 15 is 0 Å². The average Bonchev–Trinajstić information content (AvgIpc) is 3.11. The van der Waals surface area contributed by atoms with Crippen molar-refractivity contribution in [2.45, 2.75) is 18.9 Å².